The highest BCUT2D eigenvalue weighted by Crippen LogP contribution is 2.27. The highest BCUT2D eigenvalue weighted by molar-refractivity contribution is 6.07. The zero-order valence-electron chi connectivity index (χ0n) is 12.3. The number of hydrogen-bond donors (Lipinski definition) is 2. The third-order valence-electron chi connectivity index (χ3n) is 3.89. The van der Waals surface area contributed by atoms with Gasteiger partial charge in [0, 0.05) is 12.3 Å². The number of amides is 3. The fourth-order valence-corrected chi connectivity index (χ4v) is 2.65. The van der Waals surface area contributed by atoms with Gasteiger partial charge in [-0.3, -0.25) is 14.9 Å². The Kier molecular flexibility index (Phi) is 3.57. The summed E-state index contributed by atoms with van der Waals surface area (Å²) in [4.78, 5) is 36.1. The molecular weight excluding hydrogens is 294 g/mol. The number of urea groups is 1. The van der Waals surface area contributed by atoms with Crippen molar-refractivity contribution in [3.8, 4) is 0 Å². The number of imide groups is 1. The smallest absolute Gasteiger partial charge is 0.318 e. The lowest BCUT2D eigenvalue weighted by atomic mass is 9.89. The number of carbonyl (C=O) groups excluding carboxylic acids is 2. The Labute approximate surface area is 132 Å². The van der Waals surface area contributed by atoms with Crippen LogP contribution in [0.1, 0.15) is 11.1 Å². The van der Waals surface area contributed by atoms with E-state index < -0.39 is 17.5 Å². The van der Waals surface area contributed by atoms with Gasteiger partial charge in [0.15, 0.2) is 5.54 Å². The van der Waals surface area contributed by atoms with Crippen LogP contribution >= 0.6 is 0 Å². The molecule has 6 nitrogen and oxygen atoms in total. The maximum absolute atomic E-state index is 12.4. The Morgan fingerprint density at radius 3 is 2.39 bits per heavy atom. The van der Waals surface area contributed by atoms with E-state index in [9.17, 15) is 14.4 Å². The maximum Gasteiger partial charge on any atom is 0.322 e. The van der Waals surface area contributed by atoms with Crippen molar-refractivity contribution in [3.05, 3.63) is 76.7 Å². The van der Waals surface area contributed by atoms with Crippen LogP contribution in [0, 0.1) is 0 Å². The van der Waals surface area contributed by atoms with Gasteiger partial charge in [-0.25, -0.2) is 4.79 Å². The molecule has 0 spiro atoms. The van der Waals surface area contributed by atoms with E-state index in [0.717, 1.165) is 5.56 Å². The number of rotatable bonds is 4. The summed E-state index contributed by atoms with van der Waals surface area (Å²) in [7, 11) is 0. The van der Waals surface area contributed by atoms with Crippen molar-refractivity contribution >= 4 is 18.0 Å². The van der Waals surface area contributed by atoms with E-state index in [1.54, 1.807) is 48.7 Å². The van der Waals surface area contributed by atoms with Crippen LogP contribution in [0.25, 0.3) is 6.08 Å². The van der Waals surface area contributed by atoms with Crippen molar-refractivity contribution in [1.82, 2.24) is 15.2 Å². The van der Waals surface area contributed by atoms with Crippen LogP contribution in [-0.2, 0) is 16.9 Å². The minimum atomic E-state index is -1.32. The van der Waals surface area contributed by atoms with Gasteiger partial charge in [0.1, 0.15) is 0 Å². The molecule has 1 atom stereocenters. The highest BCUT2D eigenvalue weighted by atomic mass is 16.2. The Morgan fingerprint density at radius 1 is 1.09 bits per heavy atom. The van der Waals surface area contributed by atoms with E-state index >= 15 is 0 Å². The molecule has 1 aromatic heterocycles. The SMILES string of the molecule is C=Cc1ccc(C2(Cn3ccccc3=O)NC(=O)NC2=O)cc1. The average molecular weight is 309 g/mol. The van der Waals surface area contributed by atoms with Crippen molar-refractivity contribution in [2.75, 3.05) is 0 Å². The third kappa shape index (κ3) is 2.55. The van der Waals surface area contributed by atoms with E-state index in [1.807, 2.05) is 0 Å². The number of hydrogen-bond acceptors (Lipinski definition) is 3. The van der Waals surface area contributed by atoms with Crippen LogP contribution in [0.3, 0.4) is 0 Å². The normalized spacial score (nSPS) is 20.0. The first-order valence-corrected chi connectivity index (χ1v) is 7.07. The molecule has 1 unspecified atom stereocenters. The second-order valence-corrected chi connectivity index (χ2v) is 5.31. The fraction of sp³-hybridized carbons (Fsp3) is 0.118. The molecule has 0 bridgehead atoms. The van der Waals surface area contributed by atoms with Crippen LogP contribution in [0.15, 0.2) is 60.0 Å². The van der Waals surface area contributed by atoms with E-state index in [2.05, 4.69) is 17.2 Å². The predicted octanol–water partition coefficient (Wildman–Crippen LogP) is 1.23. The molecule has 3 rings (SSSR count). The van der Waals surface area contributed by atoms with Crippen molar-refractivity contribution in [2.45, 2.75) is 12.1 Å². The van der Waals surface area contributed by atoms with Crippen molar-refractivity contribution in [2.24, 2.45) is 0 Å². The summed E-state index contributed by atoms with van der Waals surface area (Å²) in [6.07, 6.45) is 3.27. The fourth-order valence-electron chi connectivity index (χ4n) is 2.65. The predicted molar refractivity (Wildman–Crippen MR) is 85.6 cm³/mol. The maximum atomic E-state index is 12.4. The summed E-state index contributed by atoms with van der Waals surface area (Å²) in [5.74, 6) is -0.482. The summed E-state index contributed by atoms with van der Waals surface area (Å²) in [5, 5.41) is 4.91. The second kappa shape index (κ2) is 5.57. The molecule has 1 saturated heterocycles. The summed E-state index contributed by atoms with van der Waals surface area (Å²) in [6.45, 7) is 3.70. The van der Waals surface area contributed by atoms with Crippen LogP contribution in [0.2, 0.25) is 0 Å². The number of nitrogens with zero attached hydrogens (tertiary/aromatic N) is 1. The largest absolute Gasteiger partial charge is 0.322 e. The van der Waals surface area contributed by atoms with E-state index in [0.29, 0.717) is 5.56 Å². The van der Waals surface area contributed by atoms with Gasteiger partial charge in [0.2, 0.25) is 0 Å². The van der Waals surface area contributed by atoms with Crippen LogP contribution in [-0.4, -0.2) is 16.5 Å². The van der Waals surface area contributed by atoms with E-state index in [4.69, 9.17) is 0 Å². The van der Waals surface area contributed by atoms with E-state index in [-0.39, 0.29) is 12.1 Å². The molecule has 116 valence electrons. The van der Waals surface area contributed by atoms with E-state index in [1.165, 1.54) is 10.6 Å². The first kappa shape index (κ1) is 14.8. The van der Waals surface area contributed by atoms with Gasteiger partial charge < -0.3 is 9.88 Å². The van der Waals surface area contributed by atoms with Crippen molar-refractivity contribution < 1.29 is 9.59 Å². The molecule has 2 heterocycles. The zero-order valence-corrected chi connectivity index (χ0v) is 12.3. The van der Waals surface area contributed by atoms with Crippen LogP contribution in [0.5, 0.6) is 0 Å². The number of benzene rings is 1. The topological polar surface area (TPSA) is 80.2 Å². The highest BCUT2D eigenvalue weighted by Gasteiger charge is 2.48. The summed E-state index contributed by atoms with van der Waals surface area (Å²) >= 11 is 0. The Morgan fingerprint density at radius 2 is 1.83 bits per heavy atom. The molecule has 6 heteroatoms. The Balaban J connectivity index is 2.09. The Bertz CT molecular complexity index is 839. The summed E-state index contributed by atoms with van der Waals surface area (Å²) in [5.41, 5.74) is -0.0710. The number of carbonyl (C=O) groups is 2. The molecule has 1 aromatic carbocycles. The monoisotopic (exact) mass is 309 g/mol. The van der Waals surface area contributed by atoms with Gasteiger partial charge in [-0.15, -0.1) is 0 Å². The molecule has 23 heavy (non-hydrogen) atoms. The Hall–Kier alpha value is -3.15. The second-order valence-electron chi connectivity index (χ2n) is 5.31. The quantitative estimate of drug-likeness (QED) is 0.834. The molecule has 3 amide bonds. The number of pyridine rings is 1. The molecule has 0 saturated carbocycles. The van der Waals surface area contributed by atoms with Gasteiger partial charge in [-0.2, -0.15) is 0 Å². The molecule has 2 aromatic rings. The standard InChI is InChI=1S/C17H15N3O3/c1-2-12-6-8-13(9-7-12)17(15(22)18-16(23)19-17)11-20-10-4-3-5-14(20)21/h2-10H,1,11H2,(H2,18,19,22,23). The zero-order chi connectivity index (χ0) is 16.4. The average Bonchev–Trinajstić information content (AvgIpc) is 2.84. The third-order valence-corrected chi connectivity index (χ3v) is 3.89. The lowest BCUT2D eigenvalue weighted by Gasteiger charge is -2.27. The summed E-state index contributed by atoms with van der Waals surface area (Å²) in [6, 6.07) is 11.2. The summed E-state index contributed by atoms with van der Waals surface area (Å²) < 4.78 is 1.40. The van der Waals surface area contributed by atoms with Gasteiger partial charge in [0.05, 0.1) is 6.54 Å². The molecule has 2 N–H and O–H groups in total. The lowest BCUT2D eigenvalue weighted by molar-refractivity contribution is -0.124. The van der Waals surface area contributed by atoms with Crippen LogP contribution < -0.4 is 16.2 Å². The number of nitrogens with one attached hydrogen (secondary N) is 2. The van der Waals surface area contributed by atoms with Crippen molar-refractivity contribution in [1.29, 1.82) is 0 Å². The van der Waals surface area contributed by atoms with Gasteiger partial charge in [-0.1, -0.05) is 43.0 Å². The molecule has 0 aliphatic carbocycles. The van der Waals surface area contributed by atoms with Gasteiger partial charge in [-0.05, 0) is 17.2 Å². The molecular formula is C17H15N3O3. The number of aromatic nitrogens is 1. The lowest BCUT2D eigenvalue weighted by Crippen LogP contribution is -2.49. The van der Waals surface area contributed by atoms with Gasteiger partial charge in [0.25, 0.3) is 11.5 Å². The minimum absolute atomic E-state index is 0.0116. The minimum Gasteiger partial charge on any atom is -0.318 e. The van der Waals surface area contributed by atoms with Crippen molar-refractivity contribution in [3.63, 3.8) is 0 Å². The molecule has 1 aliphatic heterocycles. The molecule has 1 aliphatic rings. The molecule has 1 fully saturated rings. The van der Waals surface area contributed by atoms with Crippen LogP contribution in [0.4, 0.5) is 4.79 Å². The van der Waals surface area contributed by atoms with Gasteiger partial charge >= 0.3 is 6.03 Å². The first-order chi connectivity index (χ1) is 11.0. The first-order valence-electron chi connectivity index (χ1n) is 7.07. The molecule has 0 radical (unpaired) electrons.